The summed E-state index contributed by atoms with van der Waals surface area (Å²) in [5.74, 6) is 0. The summed E-state index contributed by atoms with van der Waals surface area (Å²) in [6.07, 6.45) is 6.30. The predicted molar refractivity (Wildman–Crippen MR) is 85.1 cm³/mol. The zero-order chi connectivity index (χ0) is 13.9. The van der Waals surface area contributed by atoms with Gasteiger partial charge < -0.3 is 5.32 Å². The molecular formula is C17H20N2S. The van der Waals surface area contributed by atoms with Gasteiger partial charge in [0.05, 0.1) is 11.7 Å². The Morgan fingerprint density at radius 1 is 1.25 bits per heavy atom. The molecule has 20 heavy (non-hydrogen) atoms. The minimum absolute atomic E-state index is 0.351. The molecule has 0 aliphatic heterocycles. The first-order valence-electron chi connectivity index (χ1n) is 7.11. The van der Waals surface area contributed by atoms with Gasteiger partial charge in [0, 0.05) is 17.1 Å². The molecule has 0 saturated carbocycles. The van der Waals surface area contributed by atoms with Gasteiger partial charge in [-0.1, -0.05) is 18.2 Å². The number of hydrogen-bond acceptors (Lipinski definition) is 3. The van der Waals surface area contributed by atoms with Crippen LogP contribution in [-0.4, -0.2) is 11.2 Å². The highest BCUT2D eigenvalue weighted by atomic mass is 32.2. The standard InChI is InChI=1S/C17H20N2S/c1-12(13-5-8-15(20-2)9-6-13)19-16-10-7-14-4-3-11-18-17(14)16/h3-6,8-9,11-12,16,19H,7,10H2,1-2H3. The second-order valence-electron chi connectivity index (χ2n) is 5.30. The number of rotatable bonds is 4. The van der Waals surface area contributed by atoms with Gasteiger partial charge in [-0.25, -0.2) is 0 Å². The van der Waals surface area contributed by atoms with E-state index in [-0.39, 0.29) is 0 Å². The van der Waals surface area contributed by atoms with Crippen LogP contribution in [0, 0.1) is 0 Å². The number of thioether (sulfide) groups is 1. The highest BCUT2D eigenvalue weighted by Crippen LogP contribution is 2.31. The molecule has 1 aromatic carbocycles. The summed E-state index contributed by atoms with van der Waals surface area (Å²) in [6.45, 7) is 2.23. The minimum atomic E-state index is 0.351. The second kappa shape index (κ2) is 5.98. The first-order chi connectivity index (χ1) is 9.78. The molecule has 1 aromatic heterocycles. The van der Waals surface area contributed by atoms with Gasteiger partial charge in [-0.15, -0.1) is 11.8 Å². The summed E-state index contributed by atoms with van der Waals surface area (Å²) in [6, 6.07) is 13.8. The lowest BCUT2D eigenvalue weighted by atomic mass is 10.1. The predicted octanol–water partition coefficient (Wildman–Crippen LogP) is 4.14. The van der Waals surface area contributed by atoms with Crippen LogP contribution in [0.5, 0.6) is 0 Å². The molecule has 2 aromatic rings. The number of pyridine rings is 1. The second-order valence-corrected chi connectivity index (χ2v) is 6.18. The average Bonchev–Trinajstić information content (AvgIpc) is 2.91. The molecule has 1 aliphatic rings. The van der Waals surface area contributed by atoms with E-state index >= 15 is 0 Å². The maximum absolute atomic E-state index is 4.55. The van der Waals surface area contributed by atoms with E-state index in [0.29, 0.717) is 12.1 Å². The van der Waals surface area contributed by atoms with Crippen molar-refractivity contribution in [2.75, 3.05) is 6.26 Å². The van der Waals surface area contributed by atoms with Crippen molar-refractivity contribution in [1.29, 1.82) is 0 Å². The largest absolute Gasteiger partial charge is 0.302 e. The van der Waals surface area contributed by atoms with Crippen LogP contribution in [0.25, 0.3) is 0 Å². The summed E-state index contributed by atoms with van der Waals surface area (Å²) < 4.78 is 0. The summed E-state index contributed by atoms with van der Waals surface area (Å²) >= 11 is 1.78. The van der Waals surface area contributed by atoms with Gasteiger partial charge in [0.15, 0.2) is 0 Å². The Kier molecular flexibility index (Phi) is 4.08. The van der Waals surface area contributed by atoms with Crippen LogP contribution in [0.3, 0.4) is 0 Å². The molecular weight excluding hydrogens is 264 g/mol. The van der Waals surface area contributed by atoms with E-state index in [1.807, 2.05) is 12.3 Å². The average molecular weight is 284 g/mol. The molecule has 3 heteroatoms. The van der Waals surface area contributed by atoms with Crippen LogP contribution in [0.15, 0.2) is 47.5 Å². The van der Waals surface area contributed by atoms with Crippen LogP contribution in [0.2, 0.25) is 0 Å². The lowest BCUT2D eigenvalue weighted by Crippen LogP contribution is -2.23. The SMILES string of the molecule is CSc1ccc(C(C)NC2CCc3cccnc32)cc1. The number of benzene rings is 1. The van der Waals surface area contributed by atoms with Gasteiger partial charge in [-0.05, 0) is 55.3 Å². The van der Waals surface area contributed by atoms with Gasteiger partial charge in [0.2, 0.25) is 0 Å². The Hall–Kier alpha value is -1.32. The van der Waals surface area contributed by atoms with E-state index in [9.17, 15) is 0 Å². The van der Waals surface area contributed by atoms with Crippen molar-refractivity contribution in [2.24, 2.45) is 0 Å². The summed E-state index contributed by atoms with van der Waals surface area (Å²) in [5.41, 5.74) is 3.97. The lowest BCUT2D eigenvalue weighted by molar-refractivity contribution is 0.458. The molecule has 0 spiro atoms. The number of fused-ring (bicyclic) bond motifs is 1. The summed E-state index contributed by atoms with van der Waals surface area (Å²) in [4.78, 5) is 5.86. The van der Waals surface area contributed by atoms with Crippen molar-refractivity contribution in [3.05, 3.63) is 59.4 Å². The summed E-state index contributed by atoms with van der Waals surface area (Å²) in [5, 5.41) is 3.72. The normalized spacial score (nSPS) is 18.8. The van der Waals surface area contributed by atoms with Crippen LogP contribution < -0.4 is 5.32 Å². The molecule has 0 radical (unpaired) electrons. The van der Waals surface area contributed by atoms with Crippen molar-refractivity contribution < 1.29 is 0 Å². The van der Waals surface area contributed by atoms with E-state index in [1.165, 1.54) is 21.7 Å². The van der Waals surface area contributed by atoms with Crippen molar-refractivity contribution in [1.82, 2.24) is 10.3 Å². The first kappa shape index (κ1) is 13.7. The summed E-state index contributed by atoms with van der Waals surface area (Å²) in [7, 11) is 0. The quantitative estimate of drug-likeness (QED) is 0.854. The Balaban J connectivity index is 1.71. The molecule has 1 aliphatic carbocycles. The fraction of sp³-hybridized carbons (Fsp3) is 0.353. The third-order valence-electron chi connectivity index (χ3n) is 4.03. The van der Waals surface area contributed by atoms with Crippen LogP contribution >= 0.6 is 11.8 Å². The molecule has 0 bridgehead atoms. The smallest absolute Gasteiger partial charge is 0.0605 e. The number of aryl methyl sites for hydroxylation is 1. The maximum atomic E-state index is 4.55. The Labute approximate surface area is 125 Å². The highest BCUT2D eigenvalue weighted by molar-refractivity contribution is 7.98. The Morgan fingerprint density at radius 3 is 2.80 bits per heavy atom. The van der Waals surface area contributed by atoms with Crippen LogP contribution in [0.4, 0.5) is 0 Å². The van der Waals surface area contributed by atoms with Gasteiger partial charge in [-0.2, -0.15) is 0 Å². The third kappa shape index (κ3) is 2.74. The molecule has 104 valence electrons. The number of hydrogen-bond donors (Lipinski definition) is 1. The van der Waals surface area contributed by atoms with E-state index in [1.54, 1.807) is 11.8 Å². The zero-order valence-electron chi connectivity index (χ0n) is 12.0. The zero-order valence-corrected chi connectivity index (χ0v) is 12.8. The molecule has 0 fully saturated rings. The molecule has 0 amide bonds. The molecule has 1 N–H and O–H groups in total. The molecule has 1 heterocycles. The van der Waals surface area contributed by atoms with Crippen molar-refractivity contribution in [2.45, 2.75) is 36.7 Å². The van der Waals surface area contributed by atoms with E-state index < -0.39 is 0 Å². The molecule has 3 rings (SSSR count). The minimum Gasteiger partial charge on any atom is -0.302 e. The number of nitrogens with zero attached hydrogens (tertiary/aromatic N) is 1. The molecule has 2 unspecified atom stereocenters. The van der Waals surface area contributed by atoms with Gasteiger partial charge in [0.25, 0.3) is 0 Å². The Morgan fingerprint density at radius 2 is 2.05 bits per heavy atom. The molecule has 2 nitrogen and oxygen atoms in total. The third-order valence-corrected chi connectivity index (χ3v) is 4.77. The van der Waals surface area contributed by atoms with Crippen molar-refractivity contribution >= 4 is 11.8 Å². The maximum Gasteiger partial charge on any atom is 0.0605 e. The Bertz CT molecular complexity index is 580. The van der Waals surface area contributed by atoms with Crippen molar-refractivity contribution in [3.8, 4) is 0 Å². The van der Waals surface area contributed by atoms with E-state index in [2.05, 4.69) is 53.8 Å². The first-order valence-corrected chi connectivity index (χ1v) is 8.34. The van der Waals surface area contributed by atoms with Gasteiger partial charge in [-0.3, -0.25) is 4.98 Å². The molecule has 0 saturated heterocycles. The fourth-order valence-corrected chi connectivity index (χ4v) is 3.27. The molecule has 2 atom stereocenters. The van der Waals surface area contributed by atoms with Gasteiger partial charge in [0.1, 0.15) is 0 Å². The number of nitrogens with one attached hydrogen (secondary N) is 1. The van der Waals surface area contributed by atoms with Crippen LogP contribution in [0.1, 0.15) is 42.2 Å². The van der Waals surface area contributed by atoms with E-state index in [0.717, 1.165) is 12.8 Å². The highest BCUT2D eigenvalue weighted by Gasteiger charge is 2.24. The monoisotopic (exact) mass is 284 g/mol. The fourth-order valence-electron chi connectivity index (χ4n) is 2.87. The van der Waals surface area contributed by atoms with Crippen LogP contribution in [-0.2, 0) is 6.42 Å². The van der Waals surface area contributed by atoms with E-state index in [4.69, 9.17) is 0 Å². The topological polar surface area (TPSA) is 24.9 Å². The van der Waals surface area contributed by atoms with Crippen molar-refractivity contribution in [3.63, 3.8) is 0 Å². The van der Waals surface area contributed by atoms with Gasteiger partial charge >= 0.3 is 0 Å². The lowest BCUT2D eigenvalue weighted by Gasteiger charge is -2.20. The number of aromatic nitrogens is 1.